The largest absolute Gasteiger partial charge is 0.545 e. The first kappa shape index (κ1) is 29.6. The molecule has 2 amide bonds. The highest BCUT2D eigenvalue weighted by Gasteiger charge is 2.31. The van der Waals surface area contributed by atoms with Gasteiger partial charge in [-0.3, -0.25) is 14.6 Å². The molecule has 0 N–H and O–H groups in total. The fraction of sp³-hybridized carbons (Fsp3) is 0.233. The number of rotatable bonds is 4. The van der Waals surface area contributed by atoms with Crippen LogP contribution in [0, 0.1) is 0 Å². The normalized spacial score (nSPS) is 13.1. The Kier molecular flexibility index (Phi) is 9.05. The van der Waals surface area contributed by atoms with Crippen molar-refractivity contribution in [3.8, 4) is 22.5 Å². The van der Waals surface area contributed by atoms with Crippen molar-refractivity contribution in [1.29, 1.82) is 0 Å². The molecule has 208 valence electrons. The highest BCUT2D eigenvalue weighted by Crippen LogP contribution is 2.41. The number of carboxylic acid groups (broad SMARTS) is 1. The van der Waals surface area contributed by atoms with Gasteiger partial charge in [-0.25, -0.2) is 4.79 Å². The number of benzene rings is 3. The highest BCUT2D eigenvalue weighted by atomic mass is 16.7. The average Bonchev–Trinajstić information content (AvgIpc) is 3.23. The monoisotopic (exact) mass is 544 g/mol. The molecule has 2 aromatic rings. The minimum absolute atomic E-state index is 0. The van der Waals surface area contributed by atoms with Crippen molar-refractivity contribution in [1.82, 2.24) is 5.06 Å². The maximum Gasteiger partial charge on any atom is 0.330 e. The lowest BCUT2D eigenvalue weighted by Crippen LogP contribution is -2.30. The number of anilines is 1. The summed E-state index contributed by atoms with van der Waals surface area (Å²) in [5.41, 5.74) is 4.06. The van der Waals surface area contributed by atoms with E-state index >= 15 is 0 Å². The number of carbonyl (C=O) groups is 4. The molecule has 0 aromatic heterocycles. The predicted molar refractivity (Wildman–Crippen MR) is 148 cm³/mol. The van der Waals surface area contributed by atoms with E-state index in [1.807, 2.05) is 61.5 Å². The Balaban J connectivity index is 0.000000311. The lowest BCUT2D eigenvalue weighted by molar-refractivity contribution is -0.255. The first-order valence-corrected chi connectivity index (χ1v) is 12.1. The van der Waals surface area contributed by atoms with E-state index in [-0.39, 0.29) is 25.8 Å². The molecule has 5 rings (SSSR count). The Morgan fingerprint density at radius 1 is 0.975 bits per heavy atom. The molecule has 40 heavy (non-hydrogen) atoms. The van der Waals surface area contributed by atoms with E-state index < -0.39 is 23.8 Å². The van der Waals surface area contributed by atoms with Gasteiger partial charge in [-0.05, 0) is 29.8 Å². The molecule has 10 nitrogen and oxygen atoms in total. The van der Waals surface area contributed by atoms with E-state index in [0.717, 1.165) is 34.5 Å². The number of nitrogens with zero attached hydrogens (tertiary/aromatic N) is 3. The van der Waals surface area contributed by atoms with Crippen LogP contribution >= 0.6 is 0 Å². The fourth-order valence-corrected chi connectivity index (χ4v) is 4.24. The molecule has 1 aliphatic carbocycles. The van der Waals surface area contributed by atoms with Crippen LogP contribution in [-0.4, -0.2) is 50.0 Å². The van der Waals surface area contributed by atoms with Gasteiger partial charge in [-0.2, -0.15) is 0 Å². The van der Waals surface area contributed by atoms with E-state index in [0.29, 0.717) is 22.0 Å². The second-order valence-electron chi connectivity index (χ2n) is 8.95. The Hall–Kier alpha value is -4.99. The van der Waals surface area contributed by atoms with E-state index in [4.69, 9.17) is 4.42 Å². The topological polar surface area (TPSA) is 133 Å². The van der Waals surface area contributed by atoms with Crippen molar-refractivity contribution >= 4 is 40.4 Å². The van der Waals surface area contributed by atoms with Gasteiger partial charge in [0.15, 0.2) is 0 Å². The average molecular weight is 545 g/mol. The van der Waals surface area contributed by atoms with Crippen LogP contribution in [0.5, 0.6) is 0 Å². The van der Waals surface area contributed by atoms with E-state index in [2.05, 4.69) is 9.83 Å². The third-order valence-electron chi connectivity index (χ3n) is 6.11. The zero-order chi connectivity index (χ0) is 28.3. The van der Waals surface area contributed by atoms with Crippen molar-refractivity contribution < 1.29 is 33.5 Å². The molecule has 1 saturated heterocycles. The van der Waals surface area contributed by atoms with Gasteiger partial charge in [0.25, 0.3) is 11.8 Å². The van der Waals surface area contributed by atoms with Gasteiger partial charge in [0.1, 0.15) is 11.3 Å². The predicted octanol–water partition coefficient (Wildman–Crippen LogP) is 3.41. The van der Waals surface area contributed by atoms with Crippen molar-refractivity contribution in [3.05, 3.63) is 71.6 Å². The second-order valence-corrected chi connectivity index (χ2v) is 8.95. The Bertz CT molecular complexity index is 1620. The zero-order valence-corrected chi connectivity index (χ0v) is 21.9. The summed E-state index contributed by atoms with van der Waals surface area (Å²) in [6.07, 6.45) is 0.262. The van der Waals surface area contributed by atoms with Crippen LogP contribution in [0.2, 0.25) is 0 Å². The lowest BCUT2D eigenvalue weighted by atomic mass is 9.90. The molecule has 2 heterocycles. The van der Waals surface area contributed by atoms with Crippen LogP contribution in [0.4, 0.5) is 5.69 Å². The van der Waals surface area contributed by atoms with Crippen molar-refractivity contribution in [3.63, 3.8) is 0 Å². The van der Waals surface area contributed by atoms with E-state index in [9.17, 15) is 24.3 Å². The molecule has 10 heteroatoms. The Morgan fingerprint density at radius 2 is 1.65 bits per heavy atom. The van der Waals surface area contributed by atoms with Crippen LogP contribution in [-0.2, 0) is 19.2 Å². The molecule has 2 aromatic carbocycles. The fourth-order valence-electron chi connectivity index (χ4n) is 4.24. The molecule has 0 bridgehead atoms. The smallest absolute Gasteiger partial charge is 0.330 e. The van der Waals surface area contributed by atoms with Crippen LogP contribution in [0.25, 0.3) is 33.4 Å². The molecule has 3 aliphatic rings. The molecule has 2 aliphatic heterocycles. The van der Waals surface area contributed by atoms with E-state index in [1.54, 1.807) is 25.2 Å². The summed E-state index contributed by atoms with van der Waals surface area (Å²) in [5, 5.41) is 13.9. The molecule has 0 atom stereocenters. The van der Waals surface area contributed by atoms with Gasteiger partial charge in [-0.1, -0.05) is 31.7 Å². The second kappa shape index (κ2) is 12.2. The first-order valence-electron chi connectivity index (χ1n) is 12.1. The standard InChI is InChI=1S/C23H20N2O3.C6H7NO4.CH4/c1-24-14-8-10-18-20(12-14)28-21-13-15(25(2)3)9-11-19(21)22(18)16-6-4-5-7-17(16)23(26)27;1-4(8)11-7-5(9)2-3-6(7)10;/h4-13H,1-3H3,(H,26,27);2-3H2,1H3;1H4/p-1. The van der Waals surface area contributed by atoms with Gasteiger partial charge in [0.2, 0.25) is 0 Å². The molecule has 0 spiro atoms. The van der Waals surface area contributed by atoms with Crippen LogP contribution in [0.1, 0.15) is 37.6 Å². The number of hydrogen-bond donors (Lipinski definition) is 0. The van der Waals surface area contributed by atoms with Gasteiger partial charge < -0.3 is 24.1 Å². The molecular formula is C30H30N3O7-. The maximum absolute atomic E-state index is 11.8. The van der Waals surface area contributed by atoms with Crippen LogP contribution < -0.4 is 15.4 Å². The number of amides is 2. The summed E-state index contributed by atoms with van der Waals surface area (Å²) < 4.78 is 6.19. The molecule has 0 unspecified atom stereocenters. The number of carboxylic acids is 1. The van der Waals surface area contributed by atoms with Gasteiger partial charge in [0.05, 0.1) is 11.3 Å². The van der Waals surface area contributed by atoms with Gasteiger partial charge in [-0.15, -0.1) is 5.06 Å². The van der Waals surface area contributed by atoms with Crippen LogP contribution in [0.15, 0.2) is 70.1 Å². The number of hydroxylamine groups is 2. The van der Waals surface area contributed by atoms with Gasteiger partial charge in [0, 0.05) is 80.8 Å². The Morgan fingerprint density at radius 3 is 2.25 bits per heavy atom. The number of aromatic carboxylic acids is 1. The van der Waals surface area contributed by atoms with Crippen molar-refractivity contribution in [2.45, 2.75) is 27.2 Å². The molecular weight excluding hydrogens is 514 g/mol. The van der Waals surface area contributed by atoms with Crippen molar-refractivity contribution in [2.75, 3.05) is 26.0 Å². The summed E-state index contributed by atoms with van der Waals surface area (Å²) in [6, 6.07) is 18.5. The summed E-state index contributed by atoms with van der Waals surface area (Å²) in [7, 11) is 5.64. The SMILES string of the molecule is C.CC(=O)ON1C(=O)CCC1=O.CN=c1ccc2c(-c3ccccc3C(=O)[O-])c3ccc(N(C)C)cc3oc-2c1. The maximum atomic E-state index is 11.8. The summed E-state index contributed by atoms with van der Waals surface area (Å²) >= 11 is 0. The minimum Gasteiger partial charge on any atom is -0.545 e. The number of hydrogen-bond acceptors (Lipinski definition) is 9. The highest BCUT2D eigenvalue weighted by molar-refractivity contribution is 6.07. The third-order valence-corrected chi connectivity index (χ3v) is 6.11. The molecule has 0 saturated carbocycles. The van der Waals surface area contributed by atoms with Gasteiger partial charge >= 0.3 is 5.97 Å². The minimum atomic E-state index is -1.21. The lowest BCUT2D eigenvalue weighted by Gasteiger charge is -2.19. The summed E-state index contributed by atoms with van der Waals surface area (Å²) in [4.78, 5) is 54.1. The summed E-state index contributed by atoms with van der Waals surface area (Å²) in [6.45, 7) is 1.14. The van der Waals surface area contributed by atoms with Crippen LogP contribution in [0.3, 0.4) is 0 Å². The molecule has 1 fully saturated rings. The quantitative estimate of drug-likeness (QED) is 0.282. The van der Waals surface area contributed by atoms with E-state index in [1.165, 1.54) is 0 Å². The number of carbonyl (C=O) groups excluding carboxylic acids is 4. The summed E-state index contributed by atoms with van der Waals surface area (Å²) in [5.74, 6) is -2.12. The van der Waals surface area contributed by atoms with Crippen molar-refractivity contribution in [2.24, 2.45) is 4.99 Å². The Labute approximate surface area is 231 Å². The first-order chi connectivity index (χ1) is 18.6. The molecule has 0 radical (unpaired) electrons. The number of fused-ring (bicyclic) bond motifs is 2. The number of imide groups is 1. The zero-order valence-electron chi connectivity index (χ0n) is 21.9. The third kappa shape index (κ3) is 6.01.